The summed E-state index contributed by atoms with van der Waals surface area (Å²) in [5.41, 5.74) is 0.774. The Morgan fingerprint density at radius 2 is 1.69 bits per heavy atom. The van der Waals surface area contributed by atoms with E-state index in [0.717, 1.165) is 18.4 Å². The summed E-state index contributed by atoms with van der Waals surface area (Å²) in [6.07, 6.45) is 1.60. The molecule has 32 heavy (non-hydrogen) atoms. The molecule has 1 fully saturated rings. The normalized spacial score (nSPS) is 19.6. The van der Waals surface area contributed by atoms with E-state index in [1.807, 2.05) is 30.3 Å². The molecular weight excluding hydrogens is 469 g/mol. The Morgan fingerprint density at radius 3 is 2.38 bits per heavy atom. The van der Waals surface area contributed by atoms with Gasteiger partial charge in [0.1, 0.15) is 16.4 Å². The van der Waals surface area contributed by atoms with Gasteiger partial charge in [-0.2, -0.15) is 4.31 Å². The molecule has 1 unspecified atom stereocenters. The van der Waals surface area contributed by atoms with Gasteiger partial charge in [-0.15, -0.1) is 0 Å². The summed E-state index contributed by atoms with van der Waals surface area (Å²) in [5, 5.41) is 11.0. The average Bonchev–Trinajstić information content (AvgIpc) is 2.78. The standard InChI is InChI=1S/C24H23Cl2NO4S/c1-24(17-7-3-2-4-8-17)13-6-14-27(16-24)32(29,30)22-15-18(11-12-21(22)28)31-23-19(25)9-5-10-20(23)26/h2-5,7-12,15,28H,6,13-14,16H2,1H3. The Morgan fingerprint density at radius 1 is 1.00 bits per heavy atom. The Kier molecular flexibility index (Phi) is 6.41. The highest BCUT2D eigenvalue weighted by Crippen LogP contribution is 2.40. The van der Waals surface area contributed by atoms with Crippen LogP contribution < -0.4 is 4.74 Å². The summed E-state index contributed by atoms with van der Waals surface area (Å²) in [6.45, 7) is 2.77. The van der Waals surface area contributed by atoms with Gasteiger partial charge in [-0.3, -0.25) is 0 Å². The molecule has 0 radical (unpaired) electrons. The number of nitrogens with zero attached hydrogens (tertiary/aromatic N) is 1. The van der Waals surface area contributed by atoms with Crippen molar-refractivity contribution in [1.29, 1.82) is 0 Å². The maximum absolute atomic E-state index is 13.5. The fourth-order valence-electron chi connectivity index (χ4n) is 4.08. The van der Waals surface area contributed by atoms with E-state index in [0.29, 0.717) is 23.1 Å². The van der Waals surface area contributed by atoms with Crippen molar-refractivity contribution in [1.82, 2.24) is 4.31 Å². The van der Waals surface area contributed by atoms with Crippen LogP contribution in [0, 0.1) is 0 Å². The minimum absolute atomic E-state index is 0.208. The number of hydrogen-bond donors (Lipinski definition) is 1. The molecule has 1 saturated heterocycles. The highest BCUT2D eigenvalue weighted by molar-refractivity contribution is 7.89. The molecule has 3 aromatic carbocycles. The largest absolute Gasteiger partial charge is 0.507 e. The van der Waals surface area contributed by atoms with Crippen LogP contribution in [0.1, 0.15) is 25.3 Å². The van der Waals surface area contributed by atoms with Crippen LogP contribution >= 0.6 is 23.2 Å². The number of phenols is 1. The van der Waals surface area contributed by atoms with E-state index in [4.69, 9.17) is 27.9 Å². The SMILES string of the molecule is CC1(c2ccccc2)CCCN(S(=O)(=O)c2cc(Oc3c(Cl)cccc3Cl)ccc2O)C1. The maximum Gasteiger partial charge on any atom is 0.246 e. The molecule has 8 heteroatoms. The van der Waals surface area contributed by atoms with Crippen molar-refractivity contribution < 1.29 is 18.3 Å². The van der Waals surface area contributed by atoms with Crippen LogP contribution in [-0.2, 0) is 15.4 Å². The molecule has 0 amide bonds. The number of benzene rings is 3. The third-order valence-electron chi connectivity index (χ3n) is 5.82. The number of para-hydroxylation sites is 1. The minimum Gasteiger partial charge on any atom is -0.507 e. The molecule has 0 aliphatic carbocycles. The van der Waals surface area contributed by atoms with Crippen molar-refractivity contribution in [2.75, 3.05) is 13.1 Å². The van der Waals surface area contributed by atoms with Crippen LogP contribution in [0.4, 0.5) is 0 Å². The summed E-state index contributed by atoms with van der Waals surface area (Å²) >= 11 is 12.3. The average molecular weight is 492 g/mol. The first kappa shape index (κ1) is 22.9. The molecule has 0 bridgehead atoms. The zero-order chi connectivity index (χ0) is 22.9. The molecule has 1 N–H and O–H groups in total. The van der Waals surface area contributed by atoms with E-state index in [-0.39, 0.29) is 27.6 Å². The maximum atomic E-state index is 13.5. The van der Waals surface area contributed by atoms with E-state index >= 15 is 0 Å². The van der Waals surface area contributed by atoms with Crippen LogP contribution in [0.25, 0.3) is 0 Å². The van der Waals surface area contributed by atoms with Gasteiger partial charge < -0.3 is 9.84 Å². The Labute approximate surface area is 198 Å². The zero-order valence-corrected chi connectivity index (χ0v) is 19.8. The van der Waals surface area contributed by atoms with E-state index in [1.165, 1.54) is 22.5 Å². The second-order valence-electron chi connectivity index (χ2n) is 8.15. The van der Waals surface area contributed by atoms with Crippen LogP contribution in [0.2, 0.25) is 10.0 Å². The third kappa shape index (κ3) is 4.46. The van der Waals surface area contributed by atoms with Crippen LogP contribution in [0.15, 0.2) is 71.6 Å². The van der Waals surface area contributed by atoms with Gasteiger partial charge in [-0.05, 0) is 42.7 Å². The summed E-state index contributed by atoms with van der Waals surface area (Å²) in [7, 11) is -3.97. The molecule has 4 rings (SSSR count). The van der Waals surface area contributed by atoms with Gasteiger partial charge in [0.15, 0.2) is 5.75 Å². The number of sulfonamides is 1. The van der Waals surface area contributed by atoms with Gasteiger partial charge in [-0.25, -0.2) is 8.42 Å². The Balaban J connectivity index is 1.66. The van der Waals surface area contributed by atoms with Gasteiger partial charge in [0.2, 0.25) is 10.0 Å². The van der Waals surface area contributed by atoms with Crippen LogP contribution in [-0.4, -0.2) is 30.9 Å². The first-order valence-corrected chi connectivity index (χ1v) is 12.4. The molecule has 1 aliphatic heterocycles. The first-order valence-electron chi connectivity index (χ1n) is 10.2. The van der Waals surface area contributed by atoms with Crippen molar-refractivity contribution in [2.45, 2.75) is 30.1 Å². The van der Waals surface area contributed by atoms with Crippen LogP contribution in [0.5, 0.6) is 17.2 Å². The predicted octanol–water partition coefficient (Wildman–Crippen LogP) is 6.23. The predicted molar refractivity (Wildman–Crippen MR) is 126 cm³/mol. The van der Waals surface area contributed by atoms with Gasteiger partial charge >= 0.3 is 0 Å². The monoisotopic (exact) mass is 491 g/mol. The van der Waals surface area contributed by atoms with Crippen molar-refractivity contribution in [2.24, 2.45) is 0 Å². The van der Waals surface area contributed by atoms with Gasteiger partial charge in [0.25, 0.3) is 0 Å². The number of halogens is 2. The quantitative estimate of drug-likeness (QED) is 0.458. The molecule has 0 aromatic heterocycles. The minimum atomic E-state index is -3.97. The lowest BCUT2D eigenvalue weighted by Crippen LogP contribution is -2.46. The van der Waals surface area contributed by atoms with Crippen LogP contribution in [0.3, 0.4) is 0 Å². The van der Waals surface area contributed by atoms with Crippen molar-refractivity contribution >= 4 is 33.2 Å². The van der Waals surface area contributed by atoms with E-state index in [1.54, 1.807) is 18.2 Å². The lowest BCUT2D eigenvalue weighted by atomic mass is 9.77. The third-order valence-corrected chi connectivity index (χ3v) is 8.29. The number of aromatic hydroxyl groups is 1. The van der Waals surface area contributed by atoms with E-state index in [2.05, 4.69) is 6.92 Å². The number of piperidine rings is 1. The Hall–Kier alpha value is -2.25. The molecule has 0 spiro atoms. The fraction of sp³-hybridized carbons (Fsp3) is 0.250. The van der Waals surface area contributed by atoms with Gasteiger partial charge in [0, 0.05) is 24.6 Å². The molecular formula is C24H23Cl2NO4S. The second-order valence-corrected chi connectivity index (χ2v) is 10.9. The van der Waals surface area contributed by atoms with Gasteiger partial charge in [0.05, 0.1) is 10.0 Å². The molecule has 5 nitrogen and oxygen atoms in total. The molecule has 1 aliphatic rings. The molecule has 0 saturated carbocycles. The Bertz CT molecular complexity index is 1210. The summed E-state index contributed by atoms with van der Waals surface area (Å²) < 4.78 is 34.3. The zero-order valence-electron chi connectivity index (χ0n) is 17.5. The summed E-state index contributed by atoms with van der Waals surface area (Å²) in [6, 6.07) is 18.9. The van der Waals surface area contributed by atoms with Crippen molar-refractivity contribution in [3.05, 3.63) is 82.3 Å². The molecule has 1 heterocycles. The van der Waals surface area contributed by atoms with E-state index in [9.17, 15) is 13.5 Å². The topological polar surface area (TPSA) is 66.8 Å². The van der Waals surface area contributed by atoms with E-state index < -0.39 is 10.0 Å². The highest BCUT2D eigenvalue weighted by atomic mass is 35.5. The second kappa shape index (κ2) is 8.94. The highest BCUT2D eigenvalue weighted by Gasteiger charge is 2.39. The lowest BCUT2D eigenvalue weighted by molar-refractivity contribution is 0.240. The summed E-state index contributed by atoms with van der Waals surface area (Å²) in [4.78, 5) is -0.213. The number of phenolic OH excluding ortho intramolecular Hbond substituents is 1. The molecule has 1 atom stereocenters. The number of hydrogen-bond acceptors (Lipinski definition) is 4. The number of ether oxygens (including phenoxy) is 1. The first-order chi connectivity index (χ1) is 15.2. The van der Waals surface area contributed by atoms with Crippen molar-refractivity contribution in [3.63, 3.8) is 0 Å². The molecule has 3 aromatic rings. The smallest absolute Gasteiger partial charge is 0.246 e. The summed E-state index contributed by atoms with van der Waals surface area (Å²) in [5.74, 6) is 0.0910. The molecule has 168 valence electrons. The van der Waals surface area contributed by atoms with Crippen molar-refractivity contribution in [3.8, 4) is 17.2 Å². The fourth-order valence-corrected chi connectivity index (χ4v) is 6.25. The van der Waals surface area contributed by atoms with Gasteiger partial charge in [-0.1, -0.05) is 66.5 Å². The lowest BCUT2D eigenvalue weighted by Gasteiger charge is -2.40. The number of rotatable bonds is 5.